The highest BCUT2D eigenvalue weighted by Gasteiger charge is 2.21. The number of anilines is 1. The van der Waals surface area contributed by atoms with E-state index in [1.807, 2.05) is 0 Å². The van der Waals surface area contributed by atoms with Gasteiger partial charge in [-0.15, -0.1) is 0 Å². The van der Waals surface area contributed by atoms with Crippen molar-refractivity contribution in [2.75, 3.05) is 12.1 Å². The van der Waals surface area contributed by atoms with Gasteiger partial charge in [-0.1, -0.05) is 24.3 Å². The Balaban J connectivity index is 2.61. The largest absolute Gasteiger partial charge is 0.758 e. The summed E-state index contributed by atoms with van der Waals surface area (Å²) in [5.74, 6) is -0.142. The van der Waals surface area contributed by atoms with Gasteiger partial charge in [-0.05, 0) is 13.1 Å². The molecule has 1 aromatic rings. The van der Waals surface area contributed by atoms with Crippen molar-refractivity contribution in [2.24, 2.45) is 5.73 Å². The maximum absolute atomic E-state index is 11.7. The molecule has 0 amide bonds. The van der Waals surface area contributed by atoms with Crippen LogP contribution >= 0.6 is 0 Å². The summed E-state index contributed by atoms with van der Waals surface area (Å²) in [6.07, 6.45) is 3.34. The van der Waals surface area contributed by atoms with E-state index in [2.05, 4.69) is 0 Å². The average molecular weight is 203 g/mol. The fraction of sp³-hybridized carbons (Fsp3) is 0.182. The molecule has 15 heavy (non-hydrogen) atoms. The molecule has 0 aliphatic heterocycles. The molecule has 4 nitrogen and oxygen atoms in total. The first kappa shape index (κ1) is 9.89. The zero-order valence-electron chi connectivity index (χ0n) is 8.31. The third kappa shape index (κ3) is 1.54. The molecule has 0 saturated heterocycles. The van der Waals surface area contributed by atoms with Crippen molar-refractivity contribution in [3.63, 3.8) is 0 Å². The van der Waals surface area contributed by atoms with Crippen molar-refractivity contribution in [1.29, 1.82) is 0 Å². The fourth-order valence-corrected chi connectivity index (χ4v) is 1.68. The van der Waals surface area contributed by atoms with Gasteiger partial charge in [0.05, 0.1) is 6.04 Å². The minimum absolute atomic E-state index is 0.142. The minimum Gasteiger partial charge on any atom is -0.758 e. The molecule has 0 bridgehead atoms. The molecule has 1 unspecified atom stereocenters. The maximum Gasteiger partial charge on any atom is 0.184 e. The molecule has 0 heterocycles. The quantitative estimate of drug-likeness (QED) is 0.695. The summed E-state index contributed by atoms with van der Waals surface area (Å²) in [6, 6.07) is 4.46. The van der Waals surface area contributed by atoms with Gasteiger partial charge in [0.15, 0.2) is 5.78 Å². The van der Waals surface area contributed by atoms with Gasteiger partial charge in [-0.2, -0.15) is 0 Å². The highest BCUT2D eigenvalue weighted by molar-refractivity contribution is 6.08. The SMILES string of the molecule is CN([O-])c1cccc2c1C=CC(N)C2=O. The molecule has 2 N–H and O–H groups in total. The zero-order chi connectivity index (χ0) is 11.0. The molecular formula is C11H11N2O2-. The fourth-order valence-electron chi connectivity index (χ4n) is 1.68. The van der Waals surface area contributed by atoms with Gasteiger partial charge in [-0.25, -0.2) is 0 Å². The molecule has 0 aromatic heterocycles. The zero-order valence-corrected chi connectivity index (χ0v) is 8.31. The Bertz CT molecular complexity index is 438. The van der Waals surface area contributed by atoms with Crippen LogP contribution in [0.5, 0.6) is 0 Å². The summed E-state index contributed by atoms with van der Waals surface area (Å²) in [5.41, 5.74) is 7.25. The number of nitrogens with two attached hydrogens (primary N) is 1. The van der Waals surface area contributed by atoms with E-state index < -0.39 is 6.04 Å². The van der Waals surface area contributed by atoms with E-state index >= 15 is 0 Å². The number of hydrogen-bond acceptors (Lipinski definition) is 4. The summed E-state index contributed by atoms with van der Waals surface area (Å²) in [4.78, 5) is 11.7. The Hall–Kier alpha value is -1.65. The smallest absolute Gasteiger partial charge is 0.184 e. The van der Waals surface area contributed by atoms with Gasteiger partial charge in [-0.3, -0.25) is 4.79 Å². The highest BCUT2D eigenvalue weighted by Crippen LogP contribution is 2.27. The first-order valence-corrected chi connectivity index (χ1v) is 4.63. The standard InChI is InChI=1S/C11H11N2O2/c1-13(15)10-4-2-3-8-7(10)5-6-9(12)11(8)14/h2-6,9H,12H2,1H3/q-1. The van der Waals surface area contributed by atoms with Crippen LogP contribution in [0.25, 0.3) is 6.08 Å². The van der Waals surface area contributed by atoms with E-state index in [9.17, 15) is 10.0 Å². The number of carbonyl (C=O) groups excluding carboxylic acids is 1. The Kier molecular flexibility index (Phi) is 2.30. The second-order valence-corrected chi connectivity index (χ2v) is 3.48. The van der Waals surface area contributed by atoms with Gasteiger partial charge < -0.3 is 16.0 Å². The van der Waals surface area contributed by atoms with Crippen molar-refractivity contribution in [2.45, 2.75) is 6.04 Å². The molecule has 0 saturated carbocycles. The van der Waals surface area contributed by atoms with Gasteiger partial charge in [0.2, 0.25) is 0 Å². The number of nitrogens with zero attached hydrogens (tertiary/aromatic N) is 1. The van der Waals surface area contributed by atoms with Crippen LogP contribution in [0.3, 0.4) is 0 Å². The van der Waals surface area contributed by atoms with E-state index in [0.29, 0.717) is 16.8 Å². The average Bonchev–Trinajstić information content (AvgIpc) is 2.23. The monoisotopic (exact) mass is 203 g/mol. The van der Waals surface area contributed by atoms with Crippen LogP contribution in [0.4, 0.5) is 5.69 Å². The molecular weight excluding hydrogens is 192 g/mol. The maximum atomic E-state index is 11.7. The molecule has 2 rings (SSSR count). The lowest BCUT2D eigenvalue weighted by Crippen LogP contribution is -2.31. The second kappa shape index (κ2) is 3.49. The Morgan fingerprint density at radius 1 is 1.47 bits per heavy atom. The molecule has 78 valence electrons. The van der Waals surface area contributed by atoms with Gasteiger partial charge in [0.1, 0.15) is 0 Å². The lowest BCUT2D eigenvalue weighted by molar-refractivity contribution is 0.0976. The molecule has 0 fully saturated rings. The third-order valence-corrected chi connectivity index (χ3v) is 2.46. The second-order valence-electron chi connectivity index (χ2n) is 3.48. The molecule has 4 heteroatoms. The van der Waals surface area contributed by atoms with E-state index in [-0.39, 0.29) is 5.78 Å². The number of ketones is 1. The number of Topliss-reactive ketones (excluding diaryl/α,β-unsaturated/α-hetero) is 1. The van der Waals surface area contributed by atoms with Crippen molar-refractivity contribution >= 4 is 17.5 Å². The Labute approximate surface area is 87.6 Å². The lowest BCUT2D eigenvalue weighted by Gasteiger charge is -2.29. The number of rotatable bonds is 1. The predicted octanol–water partition coefficient (Wildman–Crippen LogP) is 1.16. The van der Waals surface area contributed by atoms with Crippen LogP contribution in [-0.4, -0.2) is 18.9 Å². The normalized spacial score (nSPS) is 18.9. The first-order valence-electron chi connectivity index (χ1n) is 4.63. The van der Waals surface area contributed by atoms with Crippen molar-refractivity contribution in [3.8, 4) is 0 Å². The predicted molar refractivity (Wildman–Crippen MR) is 59.6 cm³/mol. The highest BCUT2D eigenvalue weighted by atomic mass is 16.5. The van der Waals surface area contributed by atoms with Crippen LogP contribution in [0.2, 0.25) is 0 Å². The van der Waals surface area contributed by atoms with Crippen LogP contribution < -0.4 is 10.8 Å². The van der Waals surface area contributed by atoms with Gasteiger partial charge >= 0.3 is 0 Å². The number of hydrogen-bond donors (Lipinski definition) is 1. The van der Waals surface area contributed by atoms with Crippen LogP contribution in [0.1, 0.15) is 15.9 Å². The molecule has 0 radical (unpaired) electrons. The van der Waals surface area contributed by atoms with Crippen LogP contribution in [0.15, 0.2) is 24.3 Å². The van der Waals surface area contributed by atoms with E-state index in [1.165, 1.54) is 7.05 Å². The molecule has 1 aliphatic carbocycles. The van der Waals surface area contributed by atoms with E-state index in [4.69, 9.17) is 5.73 Å². The van der Waals surface area contributed by atoms with E-state index in [0.717, 1.165) is 5.06 Å². The molecule has 0 spiro atoms. The number of carbonyl (C=O) groups is 1. The van der Waals surface area contributed by atoms with E-state index in [1.54, 1.807) is 30.4 Å². The number of hydroxylamine groups is 1. The summed E-state index contributed by atoms with van der Waals surface area (Å²) >= 11 is 0. The summed E-state index contributed by atoms with van der Waals surface area (Å²) in [7, 11) is 1.41. The minimum atomic E-state index is -0.593. The summed E-state index contributed by atoms with van der Waals surface area (Å²) < 4.78 is 0. The van der Waals surface area contributed by atoms with Crippen molar-refractivity contribution in [3.05, 3.63) is 40.6 Å². The molecule has 1 atom stereocenters. The van der Waals surface area contributed by atoms with Crippen LogP contribution in [0, 0.1) is 5.21 Å². The first-order chi connectivity index (χ1) is 7.11. The van der Waals surface area contributed by atoms with Crippen molar-refractivity contribution < 1.29 is 4.79 Å². The van der Waals surface area contributed by atoms with Crippen LogP contribution in [-0.2, 0) is 0 Å². The third-order valence-electron chi connectivity index (χ3n) is 2.46. The Morgan fingerprint density at radius 2 is 2.20 bits per heavy atom. The van der Waals surface area contributed by atoms with Gasteiger partial charge in [0, 0.05) is 16.8 Å². The summed E-state index contributed by atoms with van der Waals surface area (Å²) in [5, 5.41) is 12.0. The topological polar surface area (TPSA) is 69.4 Å². The molecule has 1 aliphatic rings. The lowest BCUT2D eigenvalue weighted by atomic mass is 9.92. The summed E-state index contributed by atoms with van der Waals surface area (Å²) in [6.45, 7) is 0. The number of fused-ring (bicyclic) bond motifs is 1. The van der Waals surface area contributed by atoms with Crippen molar-refractivity contribution in [1.82, 2.24) is 0 Å². The van der Waals surface area contributed by atoms with Gasteiger partial charge in [0.25, 0.3) is 0 Å². The molecule has 1 aromatic carbocycles. The Morgan fingerprint density at radius 3 is 2.87 bits per heavy atom. The number of benzene rings is 1.